The Kier molecular flexibility index (Phi) is 5.67. The van der Waals surface area contributed by atoms with Gasteiger partial charge in [-0.25, -0.2) is 9.78 Å². The summed E-state index contributed by atoms with van der Waals surface area (Å²) in [5.41, 5.74) is 1.48. The Bertz CT molecular complexity index is 848. The number of rotatable bonds is 4. The van der Waals surface area contributed by atoms with Crippen LogP contribution in [0.5, 0.6) is 5.88 Å². The lowest BCUT2D eigenvalue weighted by molar-refractivity contribution is 0.0184. The first-order valence-corrected chi connectivity index (χ1v) is 9.33. The molecule has 1 saturated heterocycles. The number of hydrogen-bond donors (Lipinski definition) is 0. The molecule has 8 nitrogen and oxygen atoms in total. The van der Waals surface area contributed by atoms with E-state index < -0.39 is 5.60 Å². The molecule has 150 valence electrons. The molecule has 0 N–H and O–H groups in total. The number of hydrogen-bond acceptors (Lipinski definition) is 6. The molecule has 0 unspecified atom stereocenters. The van der Waals surface area contributed by atoms with E-state index in [2.05, 4.69) is 10.1 Å². The van der Waals surface area contributed by atoms with Crippen molar-refractivity contribution >= 4 is 12.4 Å². The number of carbonyl (C=O) groups excluding carboxylic acids is 2. The molecule has 1 aliphatic heterocycles. The first-order chi connectivity index (χ1) is 13.3. The average Bonchev–Trinajstić information content (AvgIpc) is 3.16. The predicted molar refractivity (Wildman–Crippen MR) is 103 cm³/mol. The Labute approximate surface area is 164 Å². The van der Waals surface area contributed by atoms with Crippen LogP contribution in [0.4, 0.5) is 4.79 Å². The monoisotopic (exact) mass is 386 g/mol. The summed E-state index contributed by atoms with van der Waals surface area (Å²) in [6.45, 7) is 6.84. The third kappa shape index (κ3) is 4.32. The molecular formula is C20H26N4O4. The van der Waals surface area contributed by atoms with Crippen LogP contribution in [0.2, 0.25) is 0 Å². The van der Waals surface area contributed by atoms with Gasteiger partial charge in [-0.3, -0.25) is 9.48 Å². The Morgan fingerprint density at radius 1 is 1.29 bits per heavy atom. The van der Waals surface area contributed by atoms with E-state index in [1.165, 1.54) is 7.11 Å². The van der Waals surface area contributed by atoms with Gasteiger partial charge >= 0.3 is 6.09 Å². The molecule has 0 radical (unpaired) electrons. The number of aldehydes is 1. The lowest BCUT2D eigenvalue weighted by Crippen LogP contribution is -2.42. The highest BCUT2D eigenvalue weighted by Gasteiger charge is 2.28. The van der Waals surface area contributed by atoms with E-state index in [9.17, 15) is 9.59 Å². The summed E-state index contributed by atoms with van der Waals surface area (Å²) in [6.07, 6.45) is 7.33. The minimum atomic E-state index is -0.493. The van der Waals surface area contributed by atoms with Crippen LogP contribution in [0.15, 0.2) is 24.7 Å². The van der Waals surface area contributed by atoms with E-state index in [1.54, 1.807) is 23.4 Å². The van der Waals surface area contributed by atoms with Crippen LogP contribution in [-0.2, 0) is 4.74 Å². The molecular weight excluding hydrogens is 360 g/mol. The van der Waals surface area contributed by atoms with E-state index >= 15 is 0 Å². The predicted octanol–water partition coefficient (Wildman–Crippen LogP) is 3.34. The van der Waals surface area contributed by atoms with Crippen LogP contribution >= 0.6 is 0 Å². The molecule has 0 atom stereocenters. The zero-order chi connectivity index (χ0) is 20.3. The SMILES string of the molecule is COc1nccc(-c2cnn(C3CCN(C(=O)OC(C)(C)C)CC3)c2)c1C=O. The van der Waals surface area contributed by atoms with Gasteiger partial charge in [-0.2, -0.15) is 5.10 Å². The summed E-state index contributed by atoms with van der Waals surface area (Å²) in [5.74, 6) is 0.297. The van der Waals surface area contributed by atoms with Gasteiger partial charge < -0.3 is 14.4 Å². The first kappa shape index (κ1) is 19.9. The molecule has 0 saturated carbocycles. The summed E-state index contributed by atoms with van der Waals surface area (Å²) in [7, 11) is 1.49. The highest BCUT2D eigenvalue weighted by molar-refractivity contribution is 5.89. The fourth-order valence-electron chi connectivity index (χ4n) is 3.30. The van der Waals surface area contributed by atoms with Crippen molar-refractivity contribution in [2.24, 2.45) is 0 Å². The molecule has 28 heavy (non-hydrogen) atoms. The number of aromatic nitrogens is 3. The van der Waals surface area contributed by atoms with Crippen LogP contribution < -0.4 is 4.74 Å². The third-order valence-corrected chi connectivity index (χ3v) is 4.67. The van der Waals surface area contributed by atoms with Crippen molar-refractivity contribution in [3.63, 3.8) is 0 Å². The van der Waals surface area contributed by atoms with Crippen molar-refractivity contribution in [1.29, 1.82) is 0 Å². The number of piperidine rings is 1. The van der Waals surface area contributed by atoms with Gasteiger partial charge in [0.1, 0.15) is 5.60 Å². The zero-order valence-corrected chi connectivity index (χ0v) is 16.7. The molecule has 0 aliphatic carbocycles. The fourth-order valence-corrected chi connectivity index (χ4v) is 3.30. The number of methoxy groups -OCH3 is 1. The summed E-state index contributed by atoms with van der Waals surface area (Å²) >= 11 is 0. The smallest absolute Gasteiger partial charge is 0.410 e. The van der Waals surface area contributed by atoms with Crippen LogP contribution in [0.3, 0.4) is 0 Å². The first-order valence-electron chi connectivity index (χ1n) is 9.33. The molecule has 8 heteroatoms. The highest BCUT2D eigenvalue weighted by Crippen LogP contribution is 2.30. The lowest BCUT2D eigenvalue weighted by Gasteiger charge is -2.33. The maximum atomic E-state index is 12.2. The Hall–Kier alpha value is -2.90. The minimum Gasteiger partial charge on any atom is -0.480 e. The fraction of sp³-hybridized carbons (Fsp3) is 0.500. The van der Waals surface area contributed by atoms with Crippen molar-refractivity contribution in [3.8, 4) is 17.0 Å². The van der Waals surface area contributed by atoms with Crippen LogP contribution in [-0.4, -0.2) is 57.8 Å². The van der Waals surface area contributed by atoms with E-state index in [-0.39, 0.29) is 12.1 Å². The van der Waals surface area contributed by atoms with Gasteiger partial charge in [-0.05, 0) is 39.7 Å². The van der Waals surface area contributed by atoms with E-state index in [4.69, 9.17) is 9.47 Å². The van der Waals surface area contributed by atoms with Crippen molar-refractivity contribution in [1.82, 2.24) is 19.7 Å². The lowest BCUT2D eigenvalue weighted by atomic mass is 10.0. The number of amides is 1. The molecule has 3 heterocycles. The quantitative estimate of drug-likeness (QED) is 0.749. The Morgan fingerprint density at radius 3 is 2.61 bits per heavy atom. The highest BCUT2D eigenvalue weighted by atomic mass is 16.6. The largest absolute Gasteiger partial charge is 0.480 e. The van der Waals surface area contributed by atoms with Gasteiger partial charge in [-0.15, -0.1) is 0 Å². The maximum Gasteiger partial charge on any atom is 0.410 e. The van der Waals surface area contributed by atoms with E-state index in [0.29, 0.717) is 24.5 Å². The Balaban J connectivity index is 1.70. The van der Waals surface area contributed by atoms with Gasteiger partial charge in [0.25, 0.3) is 0 Å². The second kappa shape index (κ2) is 8.00. The summed E-state index contributed by atoms with van der Waals surface area (Å²) in [5, 5.41) is 4.48. The molecule has 2 aromatic heterocycles. The molecule has 3 rings (SSSR count). The van der Waals surface area contributed by atoms with E-state index in [1.807, 2.05) is 31.6 Å². The van der Waals surface area contributed by atoms with Crippen molar-refractivity contribution in [3.05, 3.63) is 30.2 Å². The number of carbonyl (C=O) groups is 2. The molecule has 0 spiro atoms. The summed E-state index contributed by atoms with van der Waals surface area (Å²) < 4.78 is 12.5. The van der Waals surface area contributed by atoms with E-state index in [0.717, 1.165) is 30.3 Å². The van der Waals surface area contributed by atoms with Gasteiger partial charge in [-0.1, -0.05) is 0 Å². The number of pyridine rings is 1. The van der Waals surface area contributed by atoms with Gasteiger partial charge in [0, 0.05) is 36.6 Å². The van der Waals surface area contributed by atoms with Crippen LogP contribution in [0.1, 0.15) is 50.0 Å². The number of nitrogens with zero attached hydrogens (tertiary/aromatic N) is 4. The van der Waals surface area contributed by atoms with Crippen molar-refractivity contribution in [2.75, 3.05) is 20.2 Å². The molecule has 0 bridgehead atoms. The molecule has 1 amide bonds. The minimum absolute atomic E-state index is 0.191. The molecule has 1 aliphatic rings. The third-order valence-electron chi connectivity index (χ3n) is 4.67. The Morgan fingerprint density at radius 2 is 2.00 bits per heavy atom. The topological polar surface area (TPSA) is 86.6 Å². The normalized spacial score (nSPS) is 15.4. The van der Waals surface area contributed by atoms with Gasteiger partial charge in [0.05, 0.1) is 24.9 Å². The average molecular weight is 386 g/mol. The number of likely N-dealkylation sites (tertiary alicyclic amines) is 1. The van der Waals surface area contributed by atoms with Crippen molar-refractivity contribution in [2.45, 2.75) is 45.3 Å². The number of ether oxygens (including phenoxy) is 2. The van der Waals surface area contributed by atoms with Crippen molar-refractivity contribution < 1.29 is 19.1 Å². The second-order valence-electron chi connectivity index (χ2n) is 7.81. The standard InChI is InChI=1S/C20H26N4O4/c1-20(2,3)28-19(26)23-9-6-15(7-10-23)24-12-14(11-22-24)16-5-8-21-18(27-4)17(16)13-25/h5,8,11-13,15H,6-7,9-10H2,1-4H3. The second-order valence-corrected chi connectivity index (χ2v) is 7.81. The summed E-state index contributed by atoms with van der Waals surface area (Å²) in [6, 6.07) is 1.97. The van der Waals surface area contributed by atoms with Gasteiger partial charge in [0.2, 0.25) is 5.88 Å². The molecule has 0 aromatic carbocycles. The maximum absolute atomic E-state index is 12.2. The zero-order valence-electron chi connectivity index (χ0n) is 16.7. The molecule has 2 aromatic rings. The summed E-state index contributed by atoms with van der Waals surface area (Å²) in [4.78, 5) is 29.5. The molecule has 1 fully saturated rings. The van der Waals surface area contributed by atoms with Crippen LogP contribution in [0.25, 0.3) is 11.1 Å². The van der Waals surface area contributed by atoms with Crippen LogP contribution in [0, 0.1) is 0 Å². The van der Waals surface area contributed by atoms with Gasteiger partial charge in [0.15, 0.2) is 6.29 Å².